The molecule has 1 saturated heterocycles. The number of amides is 1. The molecule has 0 spiro atoms. The van der Waals surface area contributed by atoms with Crippen LogP contribution in [0.1, 0.15) is 24.0 Å². The van der Waals surface area contributed by atoms with Crippen LogP contribution >= 0.6 is 0 Å². The number of aromatic nitrogens is 2. The van der Waals surface area contributed by atoms with Crippen LogP contribution in [0.4, 0.5) is 4.39 Å². The molecule has 152 valence electrons. The number of imidazole rings is 1. The van der Waals surface area contributed by atoms with Gasteiger partial charge < -0.3 is 14.2 Å². The Kier molecular flexibility index (Phi) is 5.51. The van der Waals surface area contributed by atoms with Crippen molar-refractivity contribution in [3.05, 3.63) is 59.7 Å². The van der Waals surface area contributed by atoms with E-state index >= 15 is 0 Å². The number of hydrogen-bond acceptors (Lipinski definition) is 3. The first-order chi connectivity index (χ1) is 14.0. The highest BCUT2D eigenvalue weighted by Gasteiger charge is 2.23. The van der Waals surface area contributed by atoms with Gasteiger partial charge in [-0.25, -0.2) is 9.37 Å². The summed E-state index contributed by atoms with van der Waals surface area (Å²) >= 11 is 0. The first-order valence-electron chi connectivity index (χ1n) is 10.1. The van der Waals surface area contributed by atoms with Gasteiger partial charge in [0.05, 0.1) is 17.4 Å². The predicted octanol–water partition coefficient (Wildman–Crippen LogP) is 4.11. The highest BCUT2D eigenvalue weighted by molar-refractivity contribution is 5.78. The van der Waals surface area contributed by atoms with Crippen LogP contribution in [0.25, 0.3) is 11.0 Å². The van der Waals surface area contributed by atoms with Gasteiger partial charge in [0.15, 0.2) is 6.61 Å². The quantitative estimate of drug-likeness (QED) is 0.653. The number of carbonyl (C=O) groups excluding carboxylic acids is 1. The van der Waals surface area contributed by atoms with E-state index in [1.165, 1.54) is 40.9 Å². The molecule has 2 heterocycles. The maximum Gasteiger partial charge on any atom is 0.260 e. The first-order valence-corrected chi connectivity index (χ1v) is 10.1. The maximum absolute atomic E-state index is 12.9. The van der Waals surface area contributed by atoms with Crippen LogP contribution in [0.2, 0.25) is 0 Å². The van der Waals surface area contributed by atoms with E-state index in [1.807, 2.05) is 11.2 Å². The highest BCUT2D eigenvalue weighted by Crippen LogP contribution is 2.24. The number of benzene rings is 2. The van der Waals surface area contributed by atoms with Gasteiger partial charge in [-0.1, -0.05) is 0 Å². The summed E-state index contributed by atoms with van der Waals surface area (Å²) in [5, 5.41) is 0. The van der Waals surface area contributed by atoms with Crippen molar-refractivity contribution < 1.29 is 13.9 Å². The fourth-order valence-electron chi connectivity index (χ4n) is 3.87. The molecule has 1 fully saturated rings. The van der Waals surface area contributed by atoms with Crippen LogP contribution < -0.4 is 4.74 Å². The molecule has 0 aliphatic carbocycles. The molecule has 1 aromatic heterocycles. The zero-order valence-corrected chi connectivity index (χ0v) is 16.9. The molecule has 29 heavy (non-hydrogen) atoms. The Morgan fingerprint density at radius 2 is 1.83 bits per heavy atom. The van der Waals surface area contributed by atoms with Crippen LogP contribution in [-0.4, -0.2) is 40.1 Å². The highest BCUT2D eigenvalue weighted by atomic mass is 19.1. The van der Waals surface area contributed by atoms with Gasteiger partial charge in [-0.15, -0.1) is 0 Å². The molecule has 0 unspecified atom stereocenters. The molecular formula is C23H26FN3O2. The SMILES string of the molecule is Cc1cc2ncn(CC3CCN(C(=O)COc4ccc(F)cc4)CC3)c2cc1C. The van der Waals surface area contributed by atoms with Crippen molar-refractivity contribution in [1.29, 1.82) is 0 Å². The Morgan fingerprint density at radius 1 is 1.14 bits per heavy atom. The Hall–Kier alpha value is -2.89. The number of halogens is 1. The van der Waals surface area contributed by atoms with E-state index in [2.05, 4.69) is 35.5 Å². The molecule has 2 aromatic carbocycles. The van der Waals surface area contributed by atoms with Crippen LogP contribution in [0.15, 0.2) is 42.7 Å². The van der Waals surface area contributed by atoms with Gasteiger partial charge >= 0.3 is 0 Å². The molecule has 5 nitrogen and oxygen atoms in total. The number of aryl methyl sites for hydroxylation is 2. The summed E-state index contributed by atoms with van der Waals surface area (Å²) in [6.07, 6.45) is 3.86. The number of ether oxygens (including phenoxy) is 1. The Labute approximate surface area is 170 Å². The van der Waals surface area contributed by atoms with Crippen molar-refractivity contribution in [2.45, 2.75) is 33.2 Å². The summed E-state index contributed by atoms with van der Waals surface area (Å²) in [5.74, 6) is 0.692. The number of hydrogen-bond donors (Lipinski definition) is 0. The summed E-state index contributed by atoms with van der Waals surface area (Å²) in [4.78, 5) is 18.8. The van der Waals surface area contributed by atoms with Gasteiger partial charge in [-0.2, -0.15) is 0 Å². The number of fused-ring (bicyclic) bond motifs is 1. The minimum atomic E-state index is -0.318. The van der Waals surface area contributed by atoms with E-state index in [0.717, 1.165) is 38.0 Å². The largest absolute Gasteiger partial charge is 0.484 e. The number of nitrogens with zero attached hydrogens (tertiary/aromatic N) is 3. The van der Waals surface area contributed by atoms with E-state index < -0.39 is 0 Å². The number of piperidine rings is 1. The van der Waals surface area contributed by atoms with Crippen molar-refractivity contribution in [3.63, 3.8) is 0 Å². The molecule has 1 aliphatic rings. The molecule has 0 saturated carbocycles. The topological polar surface area (TPSA) is 47.4 Å². The molecule has 1 aliphatic heterocycles. The Morgan fingerprint density at radius 3 is 2.55 bits per heavy atom. The van der Waals surface area contributed by atoms with Crippen molar-refractivity contribution in [3.8, 4) is 5.75 Å². The molecule has 4 rings (SSSR count). The van der Waals surface area contributed by atoms with Gasteiger partial charge in [0.2, 0.25) is 0 Å². The third kappa shape index (κ3) is 4.42. The molecule has 3 aromatic rings. The second kappa shape index (κ2) is 8.23. The third-order valence-electron chi connectivity index (χ3n) is 5.83. The van der Waals surface area contributed by atoms with Crippen molar-refractivity contribution in [2.75, 3.05) is 19.7 Å². The summed E-state index contributed by atoms with van der Waals surface area (Å²) in [5.41, 5.74) is 4.76. The summed E-state index contributed by atoms with van der Waals surface area (Å²) in [6, 6.07) is 10.1. The third-order valence-corrected chi connectivity index (χ3v) is 5.83. The van der Waals surface area contributed by atoms with Crippen molar-refractivity contribution in [2.24, 2.45) is 5.92 Å². The first kappa shape index (κ1) is 19.4. The molecule has 0 radical (unpaired) electrons. The zero-order chi connectivity index (χ0) is 20.4. The van der Waals surface area contributed by atoms with Crippen LogP contribution in [0.5, 0.6) is 5.75 Å². The summed E-state index contributed by atoms with van der Waals surface area (Å²) in [6.45, 7) is 6.63. The lowest BCUT2D eigenvalue weighted by atomic mass is 9.96. The standard InChI is InChI=1S/C23H26FN3O2/c1-16-11-21-22(12-17(16)2)27(15-25-21)13-18-7-9-26(10-8-18)23(28)14-29-20-5-3-19(24)4-6-20/h3-6,11-12,15,18H,7-10,13-14H2,1-2H3. The molecule has 0 N–H and O–H groups in total. The predicted molar refractivity (Wildman–Crippen MR) is 110 cm³/mol. The van der Waals surface area contributed by atoms with Crippen LogP contribution in [0.3, 0.4) is 0 Å². The molecular weight excluding hydrogens is 369 g/mol. The molecule has 6 heteroatoms. The van der Waals surface area contributed by atoms with Gasteiger partial charge in [-0.05, 0) is 80.1 Å². The van der Waals surface area contributed by atoms with Gasteiger partial charge in [0.1, 0.15) is 11.6 Å². The van der Waals surface area contributed by atoms with Gasteiger partial charge in [0, 0.05) is 19.6 Å². The number of rotatable bonds is 5. The minimum absolute atomic E-state index is 0.0128. The normalized spacial score (nSPS) is 15.1. The van der Waals surface area contributed by atoms with Crippen molar-refractivity contribution in [1.82, 2.24) is 14.5 Å². The number of likely N-dealkylation sites (tertiary alicyclic amines) is 1. The fourth-order valence-corrected chi connectivity index (χ4v) is 3.87. The second-order valence-corrected chi connectivity index (χ2v) is 7.89. The fraction of sp³-hybridized carbons (Fsp3) is 0.391. The number of carbonyl (C=O) groups is 1. The average molecular weight is 395 g/mol. The monoisotopic (exact) mass is 395 g/mol. The average Bonchev–Trinajstić information content (AvgIpc) is 3.09. The zero-order valence-electron chi connectivity index (χ0n) is 16.9. The smallest absolute Gasteiger partial charge is 0.260 e. The van der Waals surface area contributed by atoms with E-state index in [0.29, 0.717) is 11.7 Å². The lowest BCUT2D eigenvalue weighted by Crippen LogP contribution is -2.41. The minimum Gasteiger partial charge on any atom is -0.484 e. The van der Waals surface area contributed by atoms with E-state index in [-0.39, 0.29) is 18.3 Å². The maximum atomic E-state index is 12.9. The van der Waals surface area contributed by atoms with E-state index in [9.17, 15) is 9.18 Å². The van der Waals surface area contributed by atoms with Gasteiger partial charge in [-0.3, -0.25) is 4.79 Å². The lowest BCUT2D eigenvalue weighted by Gasteiger charge is -2.32. The molecule has 0 atom stereocenters. The van der Waals surface area contributed by atoms with E-state index in [1.54, 1.807) is 0 Å². The van der Waals surface area contributed by atoms with Crippen LogP contribution in [-0.2, 0) is 11.3 Å². The molecule has 1 amide bonds. The van der Waals surface area contributed by atoms with Crippen LogP contribution in [0, 0.1) is 25.6 Å². The van der Waals surface area contributed by atoms with Gasteiger partial charge in [0.25, 0.3) is 5.91 Å². The Balaban J connectivity index is 1.29. The lowest BCUT2D eigenvalue weighted by molar-refractivity contribution is -0.134. The summed E-state index contributed by atoms with van der Waals surface area (Å²) in [7, 11) is 0. The molecule has 0 bridgehead atoms. The second-order valence-electron chi connectivity index (χ2n) is 7.89. The van der Waals surface area contributed by atoms with Crippen molar-refractivity contribution >= 4 is 16.9 Å². The Bertz CT molecular complexity index is 1000. The summed E-state index contributed by atoms with van der Waals surface area (Å²) < 4.78 is 20.7. The van der Waals surface area contributed by atoms with E-state index in [4.69, 9.17) is 4.74 Å².